The molecule has 0 fully saturated rings. The average molecular weight is 410 g/mol. The zero-order valence-corrected chi connectivity index (χ0v) is 17.8. The van der Waals surface area contributed by atoms with Gasteiger partial charge in [-0.3, -0.25) is 0 Å². The lowest BCUT2D eigenvalue weighted by atomic mass is 10.1. The van der Waals surface area contributed by atoms with Gasteiger partial charge in [0.25, 0.3) is 0 Å². The smallest absolute Gasteiger partial charge is 0.226 e. The molecule has 0 amide bonds. The third-order valence-electron chi connectivity index (χ3n) is 5.18. The van der Waals surface area contributed by atoms with E-state index >= 15 is 0 Å². The summed E-state index contributed by atoms with van der Waals surface area (Å²) in [7, 11) is 1.51. The average Bonchev–Trinajstić information content (AvgIpc) is 3.24. The van der Waals surface area contributed by atoms with Gasteiger partial charge >= 0.3 is 0 Å². The molecule has 0 saturated carbocycles. The van der Waals surface area contributed by atoms with E-state index in [1.54, 1.807) is 18.2 Å². The number of hydrogen-bond donors (Lipinski definition) is 2. The third-order valence-corrected chi connectivity index (χ3v) is 5.18. The second kappa shape index (κ2) is 11.4. The Labute approximate surface area is 178 Å². The Hall–Kier alpha value is -2.86. The first kappa shape index (κ1) is 21.8. The number of benzene rings is 2. The Morgan fingerprint density at radius 1 is 1.07 bits per heavy atom. The van der Waals surface area contributed by atoms with E-state index in [0.717, 1.165) is 50.6 Å². The summed E-state index contributed by atoms with van der Waals surface area (Å²) in [6.07, 6.45) is 6.29. The van der Waals surface area contributed by atoms with Crippen LogP contribution >= 0.6 is 0 Å². The molecule has 0 unspecified atom stereocenters. The molecule has 6 heteroatoms. The van der Waals surface area contributed by atoms with Crippen LogP contribution in [0.15, 0.2) is 53.1 Å². The standard InChI is InChI=1S/C24H31N3O3/c1-18(12-13-19-9-5-3-6-10-19)25-16-8-4-7-11-23-26-24(27-30-23)20-14-15-21(28)22(17-20)29-2/h3,5-6,9-10,14-15,17-18,25,28H,4,7-8,11-13,16H2,1-2H3/t18-/m1/s1. The van der Waals surface area contributed by atoms with Crippen molar-refractivity contribution in [1.29, 1.82) is 0 Å². The predicted molar refractivity (Wildman–Crippen MR) is 118 cm³/mol. The summed E-state index contributed by atoms with van der Waals surface area (Å²) in [5.41, 5.74) is 2.16. The van der Waals surface area contributed by atoms with Crippen LogP contribution in [0.3, 0.4) is 0 Å². The van der Waals surface area contributed by atoms with Gasteiger partial charge in [0, 0.05) is 18.0 Å². The van der Waals surface area contributed by atoms with Crippen LogP contribution in [0.2, 0.25) is 0 Å². The number of nitrogens with one attached hydrogen (secondary N) is 1. The number of rotatable bonds is 12. The molecule has 0 spiro atoms. The molecule has 1 heterocycles. The summed E-state index contributed by atoms with van der Waals surface area (Å²) >= 11 is 0. The number of aromatic nitrogens is 2. The van der Waals surface area contributed by atoms with Gasteiger partial charge in [-0.05, 0) is 62.9 Å². The third kappa shape index (κ3) is 6.59. The van der Waals surface area contributed by atoms with E-state index in [4.69, 9.17) is 9.26 Å². The summed E-state index contributed by atoms with van der Waals surface area (Å²) in [5.74, 6) is 1.63. The number of aromatic hydroxyl groups is 1. The van der Waals surface area contributed by atoms with Gasteiger partial charge in [0.2, 0.25) is 11.7 Å². The second-order valence-corrected chi connectivity index (χ2v) is 7.59. The van der Waals surface area contributed by atoms with Crippen molar-refractivity contribution in [2.45, 2.75) is 51.5 Å². The second-order valence-electron chi connectivity index (χ2n) is 7.59. The van der Waals surface area contributed by atoms with E-state index in [1.807, 2.05) is 0 Å². The highest BCUT2D eigenvalue weighted by Crippen LogP contribution is 2.30. The molecular formula is C24H31N3O3. The largest absolute Gasteiger partial charge is 0.504 e. The first-order valence-corrected chi connectivity index (χ1v) is 10.6. The molecule has 3 rings (SSSR count). The van der Waals surface area contributed by atoms with Crippen molar-refractivity contribution in [2.75, 3.05) is 13.7 Å². The molecule has 0 bridgehead atoms. The van der Waals surface area contributed by atoms with Crippen LogP contribution in [-0.2, 0) is 12.8 Å². The van der Waals surface area contributed by atoms with Crippen LogP contribution in [0.5, 0.6) is 11.5 Å². The van der Waals surface area contributed by atoms with E-state index < -0.39 is 0 Å². The maximum Gasteiger partial charge on any atom is 0.226 e. The monoisotopic (exact) mass is 409 g/mol. The Bertz CT molecular complexity index is 896. The van der Waals surface area contributed by atoms with Gasteiger partial charge in [-0.25, -0.2) is 0 Å². The SMILES string of the molecule is COc1cc(-c2noc(CCCCCN[C@H](C)CCc3ccccc3)n2)ccc1O. The van der Waals surface area contributed by atoms with Gasteiger partial charge in [0.15, 0.2) is 11.5 Å². The van der Waals surface area contributed by atoms with Crippen molar-refractivity contribution in [3.8, 4) is 22.9 Å². The van der Waals surface area contributed by atoms with Crippen LogP contribution in [0.25, 0.3) is 11.4 Å². The minimum Gasteiger partial charge on any atom is -0.504 e. The summed E-state index contributed by atoms with van der Waals surface area (Å²) in [6, 6.07) is 16.2. The number of hydrogen-bond acceptors (Lipinski definition) is 6. The van der Waals surface area contributed by atoms with E-state index in [9.17, 15) is 5.11 Å². The first-order valence-electron chi connectivity index (χ1n) is 10.6. The fourth-order valence-electron chi connectivity index (χ4n) is 3.35. The van der Waals surface area contributed by atoms with Crippen LogP contribution in [-0.4, -0.2) is 34.9 Å². The maximum absolute atomic E-state index is 9.70. The van der Waals surface area contributed by atoms with Gasteiger partial charge in [-0.2, -0.15) is 4.98 Å². The molecule has 2 aromatic carbocycles. The molecule has 0 aliphatic heterocycles. The molecule has 0 aliphatic rings. The quantitative estimate of drug-likeness (QED) is 0.419. The zero-order chi connectivity index (χ0) is 21.2. The van der Waals surface area contributed by atoms with Crippen molar-refractivity contribution >= 4 is 0 Å². The highest BCUT2D eigenvalue weighted by Gasteiger charge is 2.11. The van der Waals surface area contributed by atoms with Crippen LogP contribution in [0.4, 0.5) is 0 Å². The van der Waals surface area contributed by atoms with Crippen LogP contribution in [0, 0.1) is 0 Å². The molecule has 1 atom stereocenters. The van der Waals surface area contributed by atoms with E-state index in [-0.39, 0.29) is 5.75 Å². The minimum absolute atomic E-state index is 0.0907. The van der Waals surface area contributed by atoms with Gasteiger partial charge < -0.3 is 19.7 Å². The molecule has 30 heavy (non-hydrogen) atoms. The molecular weight excluding hydrogens is 378 g/mol. The Morgan fingerprint density at radius 2 is 1.90 bits per heavy atom. The number of phenols is 1. The highest BCUT2D eigenvalue weighted by molar-refractivity contribution is 5.60. The summed E-state index contributed by atoms with van der Waals surface area (Å²) in [5, 5.41) is 17.3. The highest BCUT2D eigenvalue weighted by atomic mass is 16.5. The van der Waals surface area contributed by atoms with Crippen molar-refractivity contribution < 1.29 is 14.4 Å². The topological polar surface area (TPSA) is 80.4 Å². The van der Waals surface area contributed by atoms with Crippen LogP contribution in [0.1, 0.15) is 44.1 Å². The van der Waals surface area contributed by atoms with Crippen molar-refractivity contribution in [1.82, 2.24) is 15.5 Å². The molecule has 2 N–H and O–H groups in total. The number of phenolic OH excluding ortho intramolecular Hbond substituents is 1. The Balaban J connectivity index is 1.31. The van der Waals surface area contributed by atoms with E-state index in [1.165, 1.54) is 12.7 Å². The fourth-order valence-corrected chi connectivity index (χ4v) is 3.35. The first-order chi connectivity index (χ1) is 14.7. The van der Waals surface area contributed by atoms with Gasteiger partial charge in [-0.1, -0.05) is 41.9 Å². The predicted octanol–water partition coefficient (Wildman–Crippen LogP) is 4.77. The molecule has 0 saturated heterocycles. The molecule has 6 nitrogen and oxygen atoms in total. The van der Waals surface area contributed by atoms with Gasteiger partial charge in [0.05, 0.1) is 7.11 Å². The number of methoxy groups -OCH3 is 1. The van der Waals surface area contributed by atoms with Crippen LogP contribution < -0.4 is 10.1 Å². The Morgan fingerprint density at radius 3 is 2.70 bits per heavy atom. The van der Waals surface area contributed by atoms with Crippen molar-refractivity contribution in [2.24, 2.45) is 0 Å². The fraction of sp³-hybridized carbons (Fsp3) is 0.417. The van der Waals surface area contributed by atoms with Gasteiger partial charge in [-0.15, -0.1) is 0 Å². The molecule has 160 valence electrons. The number of aryl methyl sites for hydroxylation is 2. The lowest BCUT2D eigenvalue weighted by Crippen LogP contribution is -2.27. The number of unbranched alkanes of at least 4 members (excludes halogenated alkanes) is 2. The van der Waals surface area contributed by atoms with Crippen molar-refractivity contribution in [3.63, 3.8) is 0 Å². The Kier molecular flexibility index (Phi) is 8.27. The van der Waals surface area contributed by atoms with E-state index in [2.05, 4.69) is 52.7 Å². The number of ether oxygens (including phenoxy) is 1. The normalized spacial score (nSPS) is 12.1. The lowest BCUT2D eigenvalue weighted by Gasteiger charge is -2.13. The zero-order valence-electron chi connectivity index (χ0n) is 17.8. The van der Waals surface area contributed by atoms with Gasteiger partial charge in [0.1, 0.15) is 0 Å². The molecule has 0 radical (unpaired) electrons. The number of nitrogens with zero attached hydrogens (tertiary/aromatic N) is 2. The maximum atomic E-state index is 9.70. The summed E-state index contributed by atoms with van der Waals surface area (Å²) < 4.78 is 10.5. The summed E-state index contributed by atoms with van der Waals surface area (Å²) in [6.45, 7) is 3.28. The summed E-state index contributed by atoms with van der Waals surface area (Å²) in [4.78, 5) is 4.45. The van der Waals surface area contributed by atoms with Crippen molar-refractivity contribution in [3.05, 3.63) is 60.0 Å². The molecule has 0 aliphatic carbocycles. The van der Waals surface area contributed by atoms with E-state index in [0.29, 0.717) is 23.5 Å². The minimum atomic E-state index is 0.0907. The lowest BCUT2D eigenvalue weighted by molar-refractivity contribution is 0.371. The molecule has 1 aromatic heterocycles. The molecule has 3 aromatic rings.